The van der Waals surface area contributed by atoms with Gasteiger partial charge in [0.15, 0.2) is 9.84 Å². The van der Waals surface area contributed by atoms with Gasteiger partial charge in [-0.3, -0.25) is 4.79 Å². The normalized spacial score (nSPS) is 18.7. The molecule has 3 rings (SSSR count). The number of para-hydroxylation sites is 1. The van der Waals surface area contributed by atoms with Gasteiger partial charge in [-0.15, -0.1) is 0 Å². The lowest BCUT2D eigenvalue weighted by molar-refractivity contribution is 0.0948. The highest BCUT2D eigenvalue weighted by Gasteiger charge is 2.28. The van der Waals surface area contributed by atoms with E-state index in [-0.39, 0.29) is 23.3 Å². The predicted octanol–water partition coefficient (Wildman–Crippen LogP) is 2.53. The first-order valence-corrected chi connectivity index (χ1v) is 10.0. The van der Waals surface area contributed by atoms with Crippen molar-refractivity contribution in [2.24, 2.45) is 5.92 Å². The number of methoxy groups -OCH3 is 1. The van der Waals surface area contributed by atoms with Gasteiger partial charge in [0, 0.05) is 17.7 Å². The summed E-state index contributed by atoms with van der Waals surface area (Å²) in [5.41, 5.74) is 2.36. The van der Waals surface area contributed by atoms with Crippen LogP contribution < -0.4 is 10.1 Å². The molecule has 2 aromatic rings. The summed E-state index contributed by atoms with van der Waals surface area (Å²) >= 11 is 0. The summed E-state index contributed by atoms with van der Waals surface area (Å²) in [4.78, 5) is 12.4. The molecule has 1 amide bonds. The molecule has 25 heavy (non-hydrogen) atoms. The third kappa shape index (κ3) is 4.20. The Balaban J connectivity index is 1.72. The molecule has 1 N–H and O–H groups in total. The predicted molar refractivity (Wildman–Crippen MR) is 97.5 cm³/mol. The van der Waals surface area contributed by atoms with Crippen LogP contribution >= 0.6 is 0 Å². The Bertz CT molecular complexity index is 876. The van der Waals surface area contributed by atoms with E-state index in [2.05, 4.69) is 5.32 Å². The van der Waals surface area contributed by atoms with Crippen LogP contribution in [0.1, 0.15) is 16.8 Å². The molecule has 5 nitrogen and oxygen atoms in total. The van der Waals surface area contributed by atoms with Crippen LogP contribution in [-0.2, 0) is 9.84 Å². The number of hydrogen-bond acceptors (Lipinski definition) is 4. The van der Waals surface area contributed by atoms with E-state index in [1.54, 1.807) is 13.2 Å². The molecule has 2 aromatic carbocycles. The van der Waals surface area contributed by atoms with E-state index in [0.717, 1.165) is 16.9 Å². The highest BCUT2D eigenvalue weighted by Crippen LogP contribution is 2.30. The first-order chi connectivity index (χ1) is 12.0. The second-order valence-corrected chi connectivity index (χ2v) is 8.49. The monoisotopic (exact) mass is 359 g/mol. The molecule has 6 heteroatoms. The molecule has 132 valence electrons. The summed E-state index contributed by atoms with van der Waals surface area (Å²) < 4.78 is 28.4. The Morgan fingerprint density at radius 1 is 1.20 bits per heavy atom. The number of carbonyl (C=O) groups is 1. The average molecular weight is 359 g/mol. The molecule has 1 fully saturated rings. The fourth-order valence-corrected chi connectivity index (χ4v) is 4.95. The van der Waals surface area contributed by atoms with Gasteiger partial charge in [0.1, 0.15) is 5.75 Å². The Kier molecular flexibility index (Phi) is 5.08. The first kappa shape index (κ1) is 17.5. The molecule has 0 aliphatic carbocycles. The van der Waals surface area contributed by atoms with Crippen molar-refractivity contribution in [1.82, 2.24) is 5.32 Å². The molecule has 0 aromatic heterocycles. The Labute approximate surface area is 147 Å². The lowest BCUT2D eigenvalue weighted by Crippen LogP contribution is -2.29. The second-order valence-electron chi connectivity index (χ2n) is 6.26. The molecule has 1 atom stereocenters. The van der Waals surface area contributed by atoms with Crippen LogP contribution in [0.25, 0.3) is 11.1 Å². The van der Waals surface area contributed by atoms with Crippen LogP contribution in [-0.4, -0.2) is 39.5 Å². The fourth-order valence-electron chi connectivity index (χ4n) is 3.08. The van der Waals surface area contributed by atoms with Crippen molar-refractivity contribution in [3.63, 3.8) is 0 Å². The summed E-state index contributed by atoms with van der Waals surface area (Å²) in [7, 11) is -1.31. The maximum absolute atomic E-state index is 12.4. The highest BCUT2D eigenvalue weighted by atomic mass is 32.2. The summed E-state index contributed by atoms with van der Waals surface area (Å²) in [5, 5.41) is 2.85. The minimum Gasteiger partial charge on any atom is -0.496 e. The van der Waals surface area contributed by atoms with E-state index < -0.39 is 9.84 Å². The smallest absolute Gasteiger partial charge is 0.251 e. The number of rotatable bonds is 5. The molecule has 1 aliphatic heterocycles. The van der Waals surface area contributed by atoms with Crippen LogP contribution in [0.3, 0.4) is 0 Å². The molecular weight excluding hydrogens is 338 g/mol. The van der Waals surface area contributed by atoms with E-state index in [1.165, 1.54) is 0 Å². The highest BCUT2D eigenvalue weighted by molar-refractivity contribution is 7.91. The molecule has 1 saturated heterocycles. The number of hydrogen-bond donors (Lipinski definition) is 1. The van der Waals surface area contributed by atoms with Gasteiger partial charge in [0.05, 0.1) is 18.6 Å². The van der Waals surface area contributed by atoms with Gasteiger partial charge >= 0.3 is 0 Å². The Morgan fingerprint density at radius 2 is 2.00 bits per heavy atom. The maximum Gasteiger partial charge on any atom is 0.251 e. The molecule has 0 saturated carbocycles. The topological polar surface area (TPSA) is 72.5 Å². The van der Waals surface area contributed by atoms with Crippen molar-refractivity contribution in [2.75, 3.05) is 25.2 Å². The number of sulfone groups is 1. The molecule has 0 radical (unpaired) electrons. The largest absolute Gasteiger partial charge is 0.496 e. The van der Waals surface area contributed by atoms with Crippen LogP contribution in [0, 0.1) is 5.92 Å². The first-order valence-electron chi connectivity index (χ1n) is 8.20. The van der Waals surface area contributed by atoms with Gasteiger partial charge in [-0.2, -0.15) is 0 Å². The van der Waals surface area contributed by atoms with Crippen LogP contribution in [0.15, 0.2) is 48.5 Å². The Morgan fingerprint density at radius 3 is 2.72 bits per heavy atom. The lowest BCUT2D eigenvalue weighted by atomic mass is 10.0. The molecular formula is C19H21NO4S. The van der Waals surface area contributed by atoms with Crippen LogP contribution in [0.5, 0.6) is 5.75 Å². The van der Waals surface area contributed by atoms with Crippen LogP contribution in [0.2, 0.25) is 0 Å². The molecule has 1 heterocycles. The minimum absolute atomic E-state index is 0.00588. The van der Waals surface area contributed by atoms with E-state index in [1.807, 2.05) is 42.5 Å². The van der Waals surface area contributed by atoms with Crippen molar-refractivity contribution in [3.8, 4) is 16.9 Å². The number of amides is 1. The third-order valence-corrected chi connectivity index (χ3v) is 6.26. The standard InChI is InChI=1S/C19H21NO4S/c1-24-18-8-3-2-7-17(18)15-5-4-6-16(11-15)19(21)20-12-14-9-10-25(22,23)13-14/h2-8,11,14H,9-10,12-13H2,1H3,(H,20,21). The van der Waals surface area contributed by atoms with Gasteiger partial charge in [0.2, 0.25) is 0 Å². The van der Waals surface area contributed by atoms with E-state index in [4.69, 9.17) is 4.74 Å². The van der Waals surface area contributed by atoms with Crippen molar-refractivity contribution in [1.29, 1.82) is 0 Å². The van der Waals surface area contributed by atoms with Crippen molar-refractivity contribution in [2.45, 2.75) is 6.42 Å². The van der Waals surface area contributed by atoms with Crippen molar-refractivity contribution >= 4 is 15.7 Å². The lowest BCUT2D eigenvalue weighted by Gasteiger charge is -2.12. The van der Waals surface area contributed by atoms with Crippen molar-refractivity contribution < 1.29 is 17.9 Å². The molecule has 0 bridgehead atoms. The van der Waals surface area contributed by atoms with Gasteiger partial charge in [-0.05, 0) is 36.1 Å². The van der Waals surface area contributed by atoms with Gasteiger partial charge in [0.25, 0.3) is 5.91 Å². The van der Waals surface area contributed by atoms with E-state index in [9.17, 15) is 13.2 Å². The summed E-state index contributed by atoms with van der Waals surface area (Å²) in [5.74, 6) is 0.939. The number of carbonyl (C=O) groups excluding carboxylic acids is 1. The van der Waals surface area contributed by atoms with Gasteiger partial charge < -0.3 is 10.1 Å². The maximum atomic E-state index is 12.4. The summed E-state index contributed by atoms with van der Waals surface area (Å²) in [6.45, 7) is 0.386. The molecule has 0 spiro atoms. The van der Waals surface area contributed by atoms with E-state index >= 15 is 0 Å². The number of ether oxygens (including phenoxy) is 1. The Hall–Kier alpha value is -2.34. The van der Waals surface area contributed by atoms with Gasteiger partial charge in [-0.1, -0.05) is 30.3 Å². The molecule has 1 aliphatic rings. The molecule has 1 unspecified atom stereocenters. The average Bonchev–Trinajstić information content (AvgIpc) is 2.98. The minimum atomic E-state index is -2.92. The van der Waals surface area contributed by atoms with E-state index in [0.29, 0.717) is 18.5 Å². The summed E-state index contributed by atoms with van der Waals surface area (Å²) in [6.07, 6.45) is 0.615. The zero-order valence-electron chi connectivity index (χ0n) is 14.1. The SMILES string of the molecule is COc1ccccc1-c1cccc(C(=O)NCC2CCS(=O)(=O)C2)c1. The fraction of sp³-hybridized carbons (Fsp3) is 0.316. The zero-order chi connectivity index (χ0) is 17.9. The second kappa shape index (κ2) is 7.27. The summed E-state index contributed by atoms with van der Waals surface area (Å²) in [6, 6.07) is 15.0. The third-order valence-electron chi connectivity index (χ3n) is 4.42. The van der Waals surface area contributed by atoms with Gasteiger partial charge in [-0.25, -0.2) is 8.42 Å². The van der Waals surface area contributed by atoms with Crippen molar-refractivity contribution in [3.05, 3.63) is 54.1 Å². The zero-order valence-corrected chi connectivity index (χ0v) is 14.9. The quantitative estimate of drug-likeness (QED) is 0.890. The van der Waals surface area contributed by atoms with Crippen LogP contribution in [0.4, 0.5) is 0 Å². The number of nitrogens with one attached hydrogen (secondary N) is 1. The number of benzene rings is 2.